The van der Waals surface area contributed by atoms with Gasteiger partial charge in [0.05, 0.1) is 18.4 Å². The van der Waals surface area contributed by atoms with Crippen LogP contribution >= 0.6 is 0 Å². The highest BCUT2D eigenvalue weighted by Crippen LogP contribution is 2.19. The summed E-state index contributed by atoms with van der Waals surface area (Å²) in [5.74, 6) is -0.112. The summed E-state index contributed by atoms with van der Waals surface area (Å²) in [6.45, 7) is 0.313. The average molecular weight is 317 g/mol. The molecule has 0 amide bonds. The van der Waals surface area contributed by atoms with Crippen LogP contribution < -0.4 is 5.56 Å². The second-order valence-corrected chi connectivity index (χ2v) is 5.59. The Bertz CT molecular complexity index is 1050. The Morgan fingerprint density at radius 3 is 2.33 bits per heavy atom. The van der Waals surface area contributed by atoms with Crippen molar-refractivity contribution in [3.8, 4) is 17.1 Å². The highest BCUT2D eigenvalue weighted by Gasteiger charge is 2.13. The molecule has 0 aliphatic rings. The smallest absolute Gasteiger partial charge is 0.279 e. The Morgan fingerprint density at radius 2 is 1.62 bits per heavy atom. The molecule has 5 nitrogen and oxygen atoms in total. The van der Waals surface area contributed by atoms with Crippen molar-refractivity contribution in [2.45, 2.75) is 6.54 Å². The van der Waals surface area contributed by atoms with Crippen LogP contribution in [0, 0.1) is 0 Å². The van der Waals surface area contributed by atoms with E-state index in [2.05, 4.69) is 5.10 Å². The molecule has 2 aromatic carbocycles. The van der Waals surface area contributed by atoms with Crippen LogP contribution in [-0.4, -0.2) is 19.3 Å². The van der Waals surface area contributed by atoms with E-state index in [1.54, 1.807) is 6.07 Å². The van der Waals surface area contributed by atoms with Crippen molar-refractivity contribution < 1.29 is 5.11 Å². The second kappa shape index (κ2) is 5.70. The fourth-order valence-electron chi connectivity index (χ4n) is 2.74. The molecule has 4 aromatic rings. The van der Waals surface area contributed by atoms with Crippen LogP contribution in [0.5, 0.6) is 5.88 Å². The molecule has 4 rings (SSSR count). The molecule has 0 aliphatic heterocycles. The van der Waals surface area contributed by atoms with Gasteiger partial charge in [-0.05, 0) is 11.6 Å². The zero-order valence-electron chi connectivity index (χ0n) is 12.8. The minimum atomic E-state index is -0.270. The Hall–Kier alpha value is -3.34. The first kappa shape index (κ1) is 14.3. The van der Waals surface area contributed by atoms with Crippen LogP contribution in [0.2, 0.25) is 0 Å². The first-order chi connectivity index (χ1) is 11.7. The first-order valence-corrected chi connectivity index (χ1v) is 7.64. The number of aromatic nitrogens is 3. The lowest BCUT2D eigenvalue weighted by Gasteiger charge is -2.08. The Kier molecular flexibility index (Phi) is 3.39. The van der Waals surface area contributed by atoms with Crippen LogP contribution in [0.15, 0.2) is 77.7 Å². The molecule has 118 valence electrons. The normalized spacial score (nSPS) is 11.0. The van der Waals surface area contributed by atoms with Gasteiger partial charge in [-0.1, -0.05) is 60.7 Å². The van der Waals surface area contributed by atoms with Crippen molar-refractivity contribution >= 4 is 5.52 Å². The van der Waals surface area contributed by atoms with Gasteiger partial charge in [0.2, 0.25) is 5.88 Å². The van der Waals surface area contributed by atoms with Crippen molar-refractivity contribution in [1.82, 2.24) is 14.2 Å². The SMILES string of the molecule is O=c1c2cc(-c3ccccc3)nn2cc(O)n1Cc1ccccc1. The predicted molar refractivity (Wildman–Crippen MR) is 92.1 cm³/mol. The fraction of sp³-hybridized carbons (Fsp3) is 0.0526. The van der Waals surface area contributed by atoms with Crippen LogP contribution in [0.4, 0.5) is 0 Å². The molecule has 0 bridgehead atoms. The summed E-state index contributed by atoms with van der Waals surface area (Å²) in [5, 5.41) is 14.6. The first-order valence-electron chi connectivity index (χ1n) is 7.64. The Labute approximate surface area is 138 Å². The predicted octanol–water partition coefficient (Wildman–Crippen LogP) is 2.92. The summed E-state index contributed by atoms with van der Waals surface area (Å²) in [7, 11) is 0. The molecule has 0 saturated carbocycles. The van der Waals surface area contributed by atoms with Gasteiger partial charge in [-0.15, -0.1) is 0 Å². The van der Waals surface area contributed by atoms with E-state index in [1.807, 2.05) is 60.7 Å². The molecule has 0 radical (unpaired) electrons. The summed E-state index contributed by atoms with van der Waals surface area (Å²) in [4.78, 5) is 12.7. The molecule has 0 atom stereocenters. The number of hydrogen-bond acceptors (Lipinski definition) is 3. The van der Waals surface area contributed by atoms with E-state index in [0.29, 0.717) is 17.8 Å². The van der Waals surface area contributed by atoms with Crippen LogP contribution in [0.3, 0.4) is 0 Å². The maximum Gasteiger partial charge on any atom is 0.279 e. The Balaban J connectivity index is 1.84. The topological polar surface area (TPSA) is 59.5 Å². The summed E-state index contributed by atoms with van der Waals surface area (Å²) < 4.78 is 2.78. The summed E-state index contributed by atoms with van der Waals surface area (Å²) in [5.41, 5.74) is 2.73. The monoisotopic (exact) mass is 317 g/mol. The van der Waals surface area contributed by atoms with E-state index in [-0.39, 0.29) is 11.4 Å². The van der Waals surface area contributed by atoms with E-state index >= 15 is 0 Å². The van der Waals surface area contributed by atoms with Crippen molar-refractivity contribution in [3.63, 3.8) is 0 Å². The third kappa shape index (κ3) is 2.46. The van der Waals surface area contributed by atoms with E-state index in [0.717, 1.165) is 11.1 Å². The zero-order chi connectivity index (χ0) is 16.5. The van der Waals surface area contributed by atoms with E-state index in [9.17, 15) is 9.90 Å². The molecule has 0 unspecified atom stereocenters. The summed E-state index contributed by atoms with van der Waals surface area (Å²) in [6.07, 6.45) is 1.46. The van der Waals surface area contributed by atoms with Crippen molar-refractivity contribution in [2.24, 2.45) is 0 Å². The lowest BCUT2D eigenvalue weighted by Crippen LogP contribution is -2.22. The van der Waals surface area contributed by atoms with Gasteiger partial charge >= 0.3 is 0 Å². The zero-order valence-corrected chi connectivity index (χ0v) is 12.8. The van der Waals surface area contributed by atoms with Crippen molar-refractivity contribution in [1.29, 1.82) is 0 Å². The number of fused-ring (bicyclic) bond motifs is 1. The number of benzene rings is 2. The molecule has 2 heterocycles. The van der Waals surface area contributed by atoms with Gasteiger partial charge in [0.25, 0.3) is 5.56 Å². The third-order valence-electron chi connectivity index (χ3n) is 3.97. The largest absolute Gasteiger partial charge is 0.493 e. The van der Waals surface area contributed by atoms with Gasteiger partial charge in [-0.3, -0.25) is 9.36 Å². The maximum absolute atomic E-state index is 12.7. The van der Waals surface area contributed by atoms with Gasteiger partial charge < -0.3 is 5.11 Å². The number of hydrogen-bond donors (Lipinski definition) is 1. The molecular formula is C19H15N3O2. The van der Waals surface area contributed by atoms with Crippen molar-refractivity contribution in [2.75, 3.05) is 0 Å². The molecule has 0 aliphatic carbocycles. The van der Waals surface area contributed by atoms with E-state index in [1.165, 1.54) is 15.3 Å². The van der Waals surface area contributed by atoms with E-state index in [4.69, 9.17) is 0 Å². The van der Waals surface area contributed by atoms with Crippen LogP contribution in [0.25, 0.3) is 16.8 Å². The van der Waals surface area contributed by atoms with Gasteiger partial charge in [-0.25, -0.2) is 4.52 Å². The van der Waals surface area contributed by atoms with Gasteiger partial charge in [-0.2, -0.15) is 5.10 Å². The standard InChI is InChI=1S/C19H15N3O2/c23-18-13-22-17(11-16(20-22)15-9-5-2-6-10-15)19(24)21(18)12-14-7-3-1-4-8-14/h1-11,13,23H,12H2. The fourth-order valence-corrected chi connectivity index (χ4v) is 2.74. The molecule has 0 spiro atoms. The summed E-state index contributed by atoms with van der Waals surface area (Å²) in [6, 6.07) is 21.0. The molecule has 5 heteroatoms. The summed E-state index contributed by atoms with van der Waals surface area (Å²) >= 11 is 0. The number of rotatable bonds is 3. The highest BCUT2D eigenvalue weighted by molar-refractivity contribution is 5.65. The minimum Gasteiger partial charge on any atom is -0.493 e. The molecule has 1 N–H and O–H groups in total. The molecule has 24 heavy (non-hydrogen) atoms. The maximum atomic E-state index is 12.7. The molecule has 0 fully saturated rings. The second-order valence-electron chi connectivity index (χ2n) is 5.59. The average Bonchev–Trinajstić information content (AvgIpc) is 3.04. The lowest BCUT2D eigenvalue weighted by molar-refractivity contribution is 0.410. The van der Waals surface area contributed by atoms with E-state index < -0.39 is 0 Å². The van der Waals surface area contributed by atoms with Gasteiger partial charge in [0, 0.05) is 5.56 Å². The minimum absolute atomic E-state index is 0.112. The third-order valence-corrected chi connectivity index (χ3v) is 3.97. The number of aromatic hydroxyl groups is 1. The lowest BCUT2D eigenvalue weighted by atomic mass is 10.1. The van der Waals surface area contributed by atoms with Crippen LogP contribution in [0.1, 0.15) is 5.56 Å². The quantitative estimate of drug-likeness (QED) is 0.632. The van der Waals surface area contributed by atoms with Gasteiger partial charge in [0.15, 0.2) is 0 Å². The van der Waals surface area contributed by atoms with Gasteiger partial charge in [0.1, 0.15) is 5.52 Å². The highest BCUT2D eigenvalue weighted by atomic mass is 16.3. The Morgan fingerprint density at radius 1 is 0.958 bits per heavy atom. The van der Waals surface area contributed by atoms with Crippen LogP contribution in [-0.2, 0) is 6.54 Å². The molecule has 0 saturated heterocycles. The molecular weight excluding hydrogens is 302 g/mol. The number of nitrogens with zero attached hydrogens (tertiary/aromatic N) is 3. The molecule has 2 aromatic heterocycles. The van der Waals surface area contributed by atoms with Crippen molar-refractivity contribution in [3.05, 3.63) is 88.8 Å².